The minimum absolute atomic E-state index is 0.800. The van der Waals surface area contributed by atoms with Crippen molar-refractivity contribution in [2.75, 3.05) is 32.5 Å². The third-order valence-corrected chi connectivity index (χ3v) is 5.11. The first kappa shape index (κ1) is 13.8. The van der Waals surface area contributed by atoms with E-state index in [-0.39, 0.29) is 0 Å². The van der Waals surface area contributed by atoms with Crippen LogP contribution in [0, 0.1) is 5.92 Å². The normalized spacial score (nSPS) is 18.5. The monoisotopic (exact) mass is 290 g/mol. The molecule has 0 aliphatic heterocycles. The van der Waals surface area contributed by atoms with Gasteiger partial charge >= 0.3 is 0 Å². The smallest absolute Gasteiger partial charge is 0.138 e. The number of hydrogen-bond donors (Lipinski definition) is 1. The minimum atomic E-state index is 0.800. The number of aryl methyl sites for hydroxylation is 1. The maximum absolute atomic E-state index is 4.47. The summed E-state index contributed by atoms with van der Waals surface area (Å²) in [4.78, 5) is 13.8. The van der Waals surface area contributed by atoms with Gasteiger partial charge in [-0.2, -0.15) is 0 Å². The summed E-state index contributed by atoms with van der Waals surface area (Å²) in [6, 6.07) is 0. The summed E-state index contributed by atoms with van der Waals surface area (Å²) in [5.41, 5.74) is 1.50. The largest absolute Gasteiger partial charge is 0.368 e. The highest BCUT2D eigenvalue weighted by atomic mass is 32.1. The number of aromatic nitrogens is 2. The van der Waals surface area contributed by atoms with Gasteiger partial charge in [0.1, 0.15) is 17.0 Å². The lowest BCUT2D eigenvalue weighted by molar-refractivity contribution is 0.425. The van der Waals surface area contributed by atoms with E-state index in [9.17, 15) is 0 Å². The molecule has 0 saturated carbocycles. The lowest BCUT2D eigenvalue weighted by Crippen LogP contribution is -2.21. The summed E-state index contributed by atoms with van der Waals surface area (Å²) >= 11 is 1.86. The molecule has 0 unspecified atom stereocenters. The lowest BCUT2D eigenvalue weighted by Gasteiger charge is -2.18. The van der Waals surface area contributed by atoms with Crippen molar-refractivity contribution in [2.24, 2.45) is 5.92 Å². The summed E-state index contributed by atoms with van der Waals surface area (Å²) in [6.07, 6.45) is 5.34. The van der Waals surface area contributed by atoms with Gasteiger partial charge in [0.2, 0.25) is 0 Å². The van der Waals surface area contributed by atoms with E-state index in [2.05, 4.69) is 41.2 Å². The number of fused-ring (bicyclic) bond motifs is 3. The molecule has 2 aromatic rings. The summed E-state index contributed by atoms with van der Waals surface area (Å²) in [7, 11) is 4.18. The van der Waals surface area contributed by atoms with Crippen molar-refractivity contribution < 1.29 is 0 Å². The molecule has 1 N–H and O–H groups in total. The van der Waals surface area contributed by atoms with Crippen molar-refractivity contribution in [3.63, 3.8) is 0 Å². The Morgan fingerprint density at radius 3 is 3.05 bits per heavy atom. The third-order valence-electron chi connectivity index (χ3n) is 3.94. The molecular weight excluding hydrogens is 268 g/mol. The number of likely N-dealkylation sites (N-methyl/N-ethyl adjacent to an activating group) is 1. The first-order chi connectivity index (χ1) is 9.65. The van der Waals surface area contributed by atoms with Crippen molar-refractivity contribution in [3.05, 3.63) is 16.8 Å². The molecule has 1 aliphatic rings. The molecule has 2 heterocycles. The fraction of sp³-hybridized carbons (Fsp3) is 0.600. The zero-order valence-electron chi connectivity index (χ0n) is 12.4. The van der Waals surface area contributed by atoms with Crippen LogP contribution in [0.25, 0.3) is 10.2 Å². The highest BCUT2D eigenvalue weighted by Gasteiger charge is 2.22. The molecule has 0 amide bonds. The van der Waals surface area contributed by atoms with Gasteiger partial charge in [0.15, 0.2) is 0 Å². The van der Waals surface area contributed by atoms with Crippen LogP contribution in [0.2, 0.25) is 0 Å². The van der Waals surface area contributed by atoms with E-state index >= 15 is 0 Å². The highest BCUT2D eigenvalue weighted by molar-refractivity contribution is 7.19. The summed E-state index contributed by atoms with van der Waals surface area (Å²) in [5, 5.41) is 4.76. The average Bonchev–Trinajstić information content (AvgIpc) is 2.76. The predicted octanol–water partition coefficient (Wildman–Crippen LogP) is 2.79. The SMILES string of the molecule is C[C@@H]1CCc2c(sc3ncnc(NCCN(C)C)c23)C1. The maximum atomic E-state index is 4.47. The average molecular weight is 290 g/mol. The van der Waals surface area contributed by atoms with Crippen LogP contribution in [0.5, 0.6) is 0 Å². The van der Waals surface area contributed by atoms with Crippen LogP contribution in [-0.2, 0) is 12.8 Å². The van der Waals surface area contributed by atoms with E-state index in [0.29, 0.717) is 0 Å². The van der Waals surface area contributed by atoms with Crippen molar-refractivity contribution >= 4 is 27.4 Å². The highest BCUT2D eigenvalue weighted by Crippen LogP contribution is 2.39. The quantitative estimate of drug-likeness (QED) is 0.940. The molecule has 108 valence electrons. The molecule has 4 nitrogen and oxygen atoms in total. The van der Waals surface area contributed by atoms with Gasteiger partial charge in [-0.05, 0) is 44.8 Å². The molecule has 0 aromatic carbocycles. The summed E-state index contributed by atoms with van der Waals surface area (Å²) in [6.45, 7) is 4.27. The van der Waals surface area contributed by atoms with Crippen LogP contribution in [0.1, 0.15) is 23.8 Å². The van der Waals surface area contributed by atoms with Gasteiger partial charge in [0, 0.05) is 18.0 Å². The number of thiophene rings is 1. The summed E-state index contributed by atoms with van der Waals surface area (Å²) < 4.78 is 0. The van der Waals surface area contributed by atoms with E-state index in [1.54, 1.807) is 6.33 Å². The van der Waals surface area contributed by atoms with E-state index < -0.39 is 0 Å². The molecule has 3 rings (SSSR count). The van der Waals surface area contributed by atoms with E-state index in [4.69, 9.17) is 0 Å². The minimum Gasteiger partial charge on any atom is -0.368 e. The molecule has 1 atom stereocenters. The lowest BCUT2D eigenvalue weighted by atomic mass is 9.89. The fourth-order valence-corrected chi connectivity index (χ4v) is 4.16. The standard InChI is InChI=1S/C15H22N4S/c1-10-4-5-11-12(8-10)20-15-13(11)14(17-9-18-15)16-6-7-19(2)3/h9-10H,4-8H2,1-3H3,(H,16,17,18)/t10-/m1/s1. The van der Waals surface area contributed by atoms with Gasteiger partial charge in [-0.3, -0.25) is 0 Å². The number of rotatable bonds is 4. The Bertz CT molecular complexity index is 605. The van der Waals surface area contributed by atoms with E-state index in [1.165, 1.54) is 35.1 Å². The number of nitrogens with one attached hydrogen (secondary N) is 1. The Morgan fingerprint density at radius 2 is 2.25 bits per heavy atom. The Hall–Kier alpha value is -1.20. The molecular formula is C15H22N4S. The van der Waals surface area contributed by atoms with Gasteiger partial charge < -0.3 is 10.2 Å². The number of nitrogens with zero attached hydrogens (tertiary/aromatic N) is 3. The van der Waals surface area contributed by atoms with Gasteiger partial charge in [-0.1, -0.05) is 6.92 Å². The molecule has 0 bridgehead atoms. The molecule has 0 saturated heterocycles. The van der Waals surface area contributed by atoms with Gasteiger partial charge in [-0.25, -0.2) is 9.97 Å². The second kappa shape index (κ2) is 5.66. The topological polar surface area (TPSA) is 41.1 Å². The van der Waals surface area contributed by atoms with Crippen LogP contribution in [0.4, 0.5) is 5.82 Å². The Morgan fingerprint density at radius 1 is 1.40 bits per heavy atom. The van der Waals surface area contributed by atoms with Crippen LogP contribution in [-0.4, -0.2) is 42.1 Å². The Kier molecular flexibility index (Phi) is 3.89. The van der Waals surface area contributed by atoms with Crippen LogP contribution >= 0.6 is 11.3 Å². The van der Waals surface area contributed by atoms with E-state index in [0.717, 1.165) is 29.7 Å². The first-order valence-corrected chi connectivity index (χ1v) is 8.10. The van der Waals surface area contributed by atoms with Crippen molar-refractivity contribution in [2.45, 2.75) is 26.2 Å². The van der Waals surface area contributed by atoms with E-state index in [1.807, 2.05) is 11.3 Å². The Balaban J connectivity index is 1.92. The number of hydrogen-bond acceptors (Lipinski definition) is 5. The van der Waals surface area contributed by atoms with Crippen molar-refractivity contribution in [3.8, 4) is 0 Å². The maximum Gasteiger partial charge on any atom is 0.138 e. The summed E-state index contributed by atoms with van der Waals surface area (Å²) in [5.74, 6) is 1.82. The van der Waals surface area contributed by atoms with Gasteiger partial charge in [-0.15, -0.1) is 11.3 Å². The number of anilines is 1. The second-order valence-electron chi connectivity index (χ2n) is 5.98. The molecule has 20 heavy (non-hydrogen) atoms. The molecule has 0 spiro atoms. The third kappa shape index (κ3) is 2.65. The van der Waals surface area contributed by atoms with Crippen molar-refractivity contribution in [1.82, 2.24) is 14.9 Å². The molecule has 0 fully saturated rings. The van der Waals surface area contributed by atoms with Crippen LogP contribution < -0.4 is 5.32 Å². The zero-order chi connectivity index (χ0) is 14.1. The Labute approximate surface area is 124 Å². The van der Waals surface area contributed by atoms with Crippen LogP contribution in [0.15, 0.2) is 6.33 Å². The molecule has 1 aliphatic carbocycles. The van der Waals surface area contributed by atoms with Crippen LogP contribution in [0.3, 0.4) is 0 Å². The molecule has 5 heteroatoms. The van der Waals surface area contributed by atoms with Gasteiger partial charge in [0.05, 0.1) is 5.39 Å². The molecule has 0 radical (unpaired) electrons. The van der Waals surface area contributed by atoms with Gasteiger partial charge in [0.25, 0.3) is 0 Å². The predicted molar refractivity (Wildman–Crippen MR) is 85.6 cm³/mol. The second-order valence-corrected chi connectivity index (χ2v) is 7.07. The van der Waals surface area contributed by atoms with Crippen molar-refractivity contribution in [1.29, 1.82) is 0 Å². The fourth-order valence-electron chi connectivity index (χ4n) is 2.81. The first-order valence-electron chi connectivity index (χ1n) is 7.29. The molecule has 2 aromatic heterocycles. The zero-order valence-corrected chi connectivity index (χ0v) is 13.3.